The van der Waals surface area contributed by atoms with Crippen molar-refractivity contribution < 1.29 is 13.9 Å². The van der Waals surface area contributed by atoms with Crippen molar-refractivity contribution >= 4 is 5.91 Å². The van der Waals surface area contributed by atoms with Gasteiger partial charge in [-0.1, -0.05) is 0 Å². The Hall–Kier alpha value is -2.41. The topological polar surface area (TPSA) is 86.4 Å². The number of aryl methyl sites for hydroxylation is 3. The summed E-state index contributed by atoms with van der Waals surface area (Å²) in [6, 6.07) is 1.72. The molecule has 1 fully saturated rings. The van der Waals surface area contributed by atoms with Gasteiger partial charge in [-0.05, 0) is 57.6 Å². The number of aromatic nitrogens is 2. The van der Waals surface area contributed by atoms with Crippen molar-refractivity contribution in [1.82, 2.24) is 15.1 Å². The molecule has 28 heavy (non-hydrogen) atoms. The minimum absolute atomic E-state index is 0.101. The summed E-state index contributed by atoms with van der Waals surface area (Å²) in [5, 5.41) is 7.55. The third kappa shape index (κ3) is 3.39. The fraction of sp³-hybridized carbons (Fsp3) is 0.571. The molecule has 2 aromatic rings. The van der Waals surface area contributed by atoms with Gasteiger partial charge in [0.2, 0.25) is 0 Å². The van der Waals surface area contributed by atoms with Gasteiger partial charge < -0.3 is 14.5 Å². The molecule has 0 bridgehead atoms. The highest BCUT2D eigenvalue weighted by Gasteiger charge is 2.29. The van der Waals surface area contributed by atoms with Crippen LogP contribution in [-0.4, -0.2) is 28.9 Å². The van der Waals surface area contributed by atoms with Gasteiger partial charge >= 0.3 is 5.63 Å². The van der Waals surface area contributed by atoms with Gasteiger partial charge in [-0.15, -0.1) is 0 Å². The molecule has 1 atom stereocenters. The van der Waals surface area contributed by atoms with Crippen LogP contribution < -0.4 is 10.9 Å². The average molecular weight is 385 g/mol. The number of nitrogens with one attached hydrogen (secondary N) is 1. The summed E-state index contributed by atoms with van der Waals surface area (Å²) >= 11 is 0. The van der Waals surface area contributed by atoms with E-state index in [2.05, 4.69) is 10.4 Å². The zero-order valence-corrected chi connectivity index (χ0v) is 16.7. The summed E-state index contributed by atoms with van der Waals surface area (Å²) in [6.07, 6.45) is 4.45. The minimum Gasteiger partial charge on any atom is -0.427 e. The number of ether oxygens (including phenoxy) is 1. The lowest BCUT2D eigenvalue weighted by molar-refractivity contribution is 0.0795. The quantitative estimate of drug-likeness (QED) is 0.878. The highest BCUT2D eigenvalue weighted by atomic mass is 16.5. The fourth-order valence-electron chi connectivity index (χ4n) is 4.55. The van der Waals surface area contributed by atoms with Crippen LogP contribution in [0.5, 0.6) is 0 Å². The number of hydrogen-bond donors (Lipinski definition) is 1. The van der Waals surface area contributed by atoms with Gasteiger partial charge in [0.25, 0.3) is 5.91 Å². The molecule has 150 valence electrons. The van der Waals surface area contributed by atoms with E-state index >= 15 is 0 Å². The smallest absolute Gasteiger partial charge is 0.349 e. The molecule has 3 heterocycles. The first kappa shape index (κ1) is 18.9. The Kier molecular flexibility index (Phi) is 5.10. The molecule has 1 amide bonds. The van der Waals surface area contributed by atoms with Gasteiger partial charge in [0.15, 0.2) is 0 Å². The maximum Gasteiger partial charge on any atom is 0.349 e. The van der Waals surface area contributed by atoms with E-state index < -0.39 is 5.63 Å². The van der Waals surface area contributed by atoms with Crippen molar-refractivity contribution in [3.05, 3.63) is 50.3 Å². The number of nitrogens with zero attached hydrogens (tertiary/aromatic N) is 2. The van der Waals surface area contributed by atoms with E-state index in [1.807, 2.05) is 24.7 Å². The van der Waals surface area contributed by atoms with E-state index in [1.54, 1.807) is 6.92 Å². The van der Waals surface area contributed by atoms with Crippen LogP contribution in [0.25, 0.3) is 0 Å². The second-order valence-corrected chi connectivity index (χ2v) is 7.87. The summed E-state index contributed by atoms with van der Waals surface area (Å²) in [5.41, 5.74) is 3.38. The molecule has 7 nitrogen and oxygen atoms in total. The molecule has 2 aromatic heterocycles. The molecule has 7 heteroatoms. The van der Waals surface area contributed by atoms with Gasteiger partial charge in [-0.3, -0.25) is 9.48 Å². The standard InChI is InChI=1S/C21H27N3O4/c1-12-11-17(14-7-9-27-10-8-14)28-21(26)18(12)20(25)22-15-5-4-6-16-19(15)13(2)23-24(16)3/h11,14-15H,4-10H2,1-3H3,(H,22,25). The van der Waals surface area contributed by atoms with Crippen LogP contribution in [0.4, 0.5) is 0 Å². The molecular weight excluding hydrogens is 358 g/mol. The Bertz CT molecular complexity index is 953. The molecule has 1 aliphatic heterocycles. The van der Waals surface area contributed by atoms with E-state index in [0.717, 1.165) is 49.1 Å². The fourth-order valence-corrected chi connectivity index (χ4v) is 4.55. The van der Waals surface area contributed by atoms with Crippen molar-refractivity contribution in [2.45, 2.75) is 57.9 Å². The van der Waals surface area contributed by atoms with Crippen LogP contribution in [-0.2, 0) is 18.2 Å². The molecule has 1 N–H and O–H groups in total. The summed E-state index contributed by atoms with van der Waals surface area (Å²) in [4.78, 5) is 25.6. The van der Waals surface area contributed by atoms with Crippen LogP contribution in [0.15, 0.2) is 15.3 Å². The minimum atomic E-state index is -0.557. The van der Waals surface area contributed by atoms with Crippen molar-refractivity contribution in [1.29, 1.82) is 0 Å². The maximum absolute atomic E-state index is 13.0. The number of carbonyl (C=O) groups is 1. The van der Waals surface area contributed by atoms with Crippen LogP contribution in [0, 0.1) is 13.8 Å². The molecule has 2 aliphatic rings. The monoisotopic (exact) mass is 385 g/mol. The van der Waals surface area contributed by atoms with E-state index in [1.165, 1.54) is 0 Å². The second kappa shape index (κ2) is 7.54. The first-order chi connectivity index (χ1) is 13.5. The summed E-state index contributed by atoms with van der Waals surface area (Å²) in [6.45, 7) is 5.11. The van der Waals surface area contributed by atoms with Gasteiger partial charge in [-0.25, -0.2) is 4.79 Å². The number of hydrogen-bond acceptors (Lipinski definition) is 5. The summed E-state index contributed by atoms with van der Waals surface area (Å²) in [5.74, 6) is 0.465. The Labute approximate surface area is 164 Å². The largest absolute Gasteiger partial charge is 0.427 e. The summed E-state index contributed by atoms with van der Waals surface area (Å²) in [7, 11) is 1.93. The Balaban J connectivity index is 1.59. The number of fused-ring (bicyclic) bond motifs is 1. The molecule has 1 unspecified atom stereocenters. The zero-order chi connectivity index (χ0) is 19.8. The van der Waals surface area contributed by atoms with Crippen LogP contribution in [0.1, 0.15) is 76.3 Å². The van der Waals surface area contributed by atoms with Crippen molar-refractivity contribution in [2.24, 2.45) is 7.05 Å². The lowest BCUT2D eigenvalue weighted by Gasteiger charge is -2.25. The number of rotatable bonds is 3. The number of carbonyl (C=O) groups excluding carboxylic acids is 1. The van der Waals surface area contributed by atoms with Crippen LogP contribution in [0.2, 0.25) is 0 Å². The van der Waals surface area contributed by atoms with Gasteiger partial charge in [0.1, 0.15) is 11.3 Å². The van der Waals surface area contributed by atoms with Crippen molar-refractivity contribution in [3.63, 3.8) is 0 Å². The molecular formula is C21H27N3O4. The number of amides is 1. The van der Waals surface area contributed by atoms with E-state index in [0.29, 0.717) is 24.5 Å². The lowest BCUT2D eigenvalue weighted by Crippen LogP contribution is -2.35. The van der Waals surface area contributed by atoms with Crippen LogP contribution >= 0.6 is 0 Å². The maximum atomic E-state index is 13.0. The molecule has 4 rings (SSSR count). The molecule has 1 aliphatic carbocycles. The first-order valence-corrected chi connectivity index (χ1v) is 10.0. The predicted molar refractivity (Wildman–Crippen MR) is 104 cm³/mol. The molecule has 0 spiro atoms. The van der Waals surface area contributed by atoms with Crippen molar-refractivity contribution in [2.75, 3.05) is 13.2 Å². The highest BCUT2D eigenvalue weighted by Crippen LogP contribution is 2.32. The van der Waals surface area contributed by atoms with E-state index in [9.17, 15) is 9.59 Å². The third-order valence-corrected chi connectivity index (χ3v) is 5.97. The molecule has 0 radical (unpaired) electrons. The van der Waals surface area contributed by atoms with Gasteiger partial charge in [0.05, 0.1) is 11.7 Å². The lowest BCUT2D eigenvalue weighted by atomic mass is 9.90. The summed E-state index contributed by atoms with van der Waals surface area (Å²) < 4.78 is 12.8. The highest BCUT2D eigenvalue weighted by molar-refractivity contribution is 5.95. The molecule has 0 aromatic carbocycles. The Morgan fingerprint density at radius 2 is 2.00 bits per heavy atom. The zero-order valence-electron chi connectivity index (χ0n) is 16.7. The van der Waals surface area contributed by atoms with Crippen LogP contribution in [0.3, 0.4) is 0 Å². The second-order valence-electron chi connectivity index (χ2n) is 7.87. The normalized spacial score (nSPS) is 20.0. The van der Waals surface area contributed by atoms with E-state index in [-0.39, 0.29) is 23.4 Å². The van der Waals surface area contributed by atoms with E-state index in [4.69, 9.17) is 9.15 Å². The SMILES string of the molecule is Cc1cc(C2CCOCC2)oc(=O)c1C(=O)NC1CCCc2c1c(C)nn2C. The van der Waals surface area contributed by atoms with Gasteiger partial charge in [0, 0.05) is 37.4 Å². The molecule has 0 saturated carbocycles. The predicted octanol–water partition coefficient (Wildman–Crippen LogP) is 2.69. The third-order valence-electron chi connectivity index (χ3n) is 5.97. The Morgan fingerprint density at radius 1 is 1.25 bits per heavy atom. The molecule has 1 saturated heterocycles. The van der Waals surface area contributed by atoms with Gasteiger partial charge in [-0.2, -0.15) is 5.10 Å². The Morgan fingerprint density at radius 3 is 2.71 bits per heavy atom. The first-order valence-electron chi connectivity index (χ1n) is 10.0. The average Bonchev–Trinajstić information content (AvgIpc) is 2.97. The van der Waals surface area contributed by atoms with Crippen molar-refractivity contribution in [3.8, 4) is 0 Å².